The molecule has 0 saturated carbocycles. The Hall–Kier alpha value is -3.71. The number of ether oxygens (including phenoxy) is 2. The highest BCUT2D eigenvalue weighted by Crippen LogP contribution is 2.47. The minimum Gasteiger partial charge on any atom is -0.468 e. The molecule has 0 N–H and O–H groups in total. The Morgan fingerprint density at radius 3 is 1.85 bits per heavy atom. The van der Waals surface area contributed by atoms with Crippen LogP contribution in [-0.2, 0) is 32.8 Å². The SMILES string of the molecule is CCOC(=O)N1c2ccc(C(F)(F)F)cc2C([C@H](C(=O)OC)c2cc(C(F)(F)F)cc(C(F)(F)F)c2)=C[C@@H]1CC. The molecule has 0 bridgehead atoms. The zero-order chi connectivity index (χ0) is 30.2. The van der Waals surface area contributed by atoms with Gasteiger partial charge in [0.2, 0.25) is 0 Å². The predicted octanol–water partition coefficient (Wildman–Crippen LogP) is 7.84. The number of fused-ring (bicyclic) bond motifs is 1. The van der Waals surface area contributed by atoms with Gasteiger partial charge in [0.1, 0.15) is 5.92 Å². The number of esters is 1. The third-order valence-electron chi connectivity index (χ3n) is 6.17. The van der Waals surface area contributed by atoms with Crippen LogP contribution in [0.5, 0.6) is 0 Å². The van der Waals surface area contributed by atoms with Crippen molar-refractivity contribution in [1.82, 2.24) is 0 Å². The summed E-state index contributed by atoms with van der Waals surface area (Å²) in [5, 5.41) is 0. The average molecular weight is 583 g/mol. The maximum absolute atomic E-state index is 13.7. The van der Waals surface area contributed by atoms with Crippen LogP contribution in [0.3, 0.4) is 0 Å². The van der Waals surface area contributed by atoms with Crippen molar-refractivity contribution in [3.05, 3.63) is 70.3 Å². The van der Waals surface area contributed by atoms with Crippen molar-refractivity contribution >= 4 is 23.3 Å². The standard InChI is InChI=1S/C26H22F9NO4/c1-4-17-12-19(18-11-14(24(27,28)29)6-7-20(18)36(17)23(38)40-5-2)21(22(37)39-3)13-8-15(25(30,31)32)10-16(9-13)26(33,34)35/h6-12,17,21H,4-5H2,1-3H3/t17-,21+/m0/s1. The van der Waals surface area contributed by atoms with Crippen molar-refractivity contribution in [2.75, 3.05) is 18.6 Å². The Kier molecular flexibility index (Phi) is 8.51. The highest BCUT2D eigenvalue weighted by Gasteiger charge is 2.42. The smallest absolute Gasteiger partial charge is 0.416 e. The lowest BCUT2D eigenvalue weighted by Crippen LogP contribution is -2.42. The fourth-order valence-corrected chi connectivity index (χ4v) is 4.39. The van der Waals surface area contributed by atoms with Crippen LogP contribution in [0.15, 0.2) is 42.5 Å². The van der Waals surface area contributed by atoms with Gasteiger partial charge in [-0.05, 0) is 60.9 Å². The monoisotopic (exact) mass is 583 g/mol. The van der Waals surface area contributed by atoms with Gasteiger partial charge in [-0.25, -0.2) is 4.79 Å². The summed E-state index contributed by atoms with van der Waals surface area (Å²) in [5.41, 5.74) is -6.49. The molecule has 2 atom stereocenters. The van der Waals surface area contributed by atoms with E-state index in [2.05, 4.69) is 0 Å². The highest BCUT2D eigenvalue weighted by molar-refractivity contribution is 6.02. The molecule has 218 valence electrons. The lowest BCUT2D eigenvalue weighted by atomic mass is 9.80. The zero-order valence-corrected chi connectivity index (χ0v) is 21.1. The van der Waals surface area contributed by atoms with Crippen molar-refractivity contribution in [2.45, 2.75) is 50.8 Å². The Balaban J connectivity index is 2.40. The van der Waals surface area contributed by atoms with Crippen LogP contribution < -0.4 is 4.90 Å². The minimum absolute atomic E-state index is 0.0903. The molecule has 3 rings (SSSR count). The molecule has 1 aliphatic heterocycles. The molecule has 14 heteroatoms. The van der Waals surface area contributed by atoms with Gasteiger partial charge in [-0.1, -0.05) is 13.0 Å². The highest BCUT2D eigenvalue weighted by atomic mass is 19.4. The molecule has 0 unspecified atom stereocenters. The van der Waals surface area contributed by atoms with Gasteiger partial charge >= 0.3 is 30.6 Å². The van der Waals surface area contributed by atoms with Crippen LogP contribution in [0, 0.1) is 0 Å². The first kappa shape index (κ1) is 30.8. The van der Waals surface area contributed by atoms with E-state index in [1.807, 2.05) is 0 Å². The van der Waals surface area contributed by atoms with Crippen LogP contribution in [0.2, 0.25) is 0 Å². The third-order valence-corrected chi connectivity index (χ3v) is 6.17. The van der Waals surface area contributed by atoms with E-state index in [1.54, 1.807) is 6.92 Å². The summed E-state index contributed by atoms with van der Waals surface area (Å²) in [6, 6.07) is 1.63. The number of carbonyl (C=O) groups excluding carboxylic acids is 2. The second-order valence-corrected chi connectivity index (χ2v) is 8.69. The minimum atomic E-state index is -5.26. The molecule has 2 aromatic rings. The second kappa shape index (κ2) is 11.0. The van der Waals surface area contributed by atoms with Crippen molar-refractivity contribution < 1.29 is 58.6 Å². The van der Waals surface area contributed by atoms with E-state index in [9.17, 15) is 49.1 Å². The van der Waals surface area contributed by atoms with E-state index in [1.165, 1.54) is 6.92 Å². The molecule has 0 aromatic heterocycles. The number of hydrogen-bond acceptors (Lipinski definition) is 4. The molecular weight excluding hydrogens is 561 g/mol. The number of nitrogens with zero attached hydrogens (tertiary/aromatic N) is 1. The number of halogens is 9. The van der Waals surface area contributed by atoms with Gasteiger partial charge in [0.05, 0.1) is 42.1 Å². The van der Waals surface area contributed by atoms with Crippen molar-refractivity contribution in [2.24, 2.45) is 0 Å². The Bertz CT molecular complexity index is 1280. The van der Waals surface area contributed by atoms with E-state index in [0.29, 0.717) is 24.3 Å². The number of hydrogen-bond donors (Lipinski definition) is 0. The predicted molar refractivity (Wildman–Crippen MR) is 124 cm³/mol. The first-order chi connectivity index (χ1) is 18.4. The molecule has 0 aliphatic carbocycles. The lowest BCUT2D eigenvalue weighted by molar-refractivity contribution is -0.144. The fraction of sp³-hybridized carbons (Fsp3) is 0.385. The molecular formula is C26H22F9NO4. The summed E-state index contributed by atoms with van der Waals surface area (Å²) in [6.07, 6.45) is -15.2. The van der Waals surface area contributed by atoms with Crippen LogP contribution in [0.25, 0.3) is 5.57 Å². The molecule has 0 saturated heterocycles. The van der Waals surface area contributed by atoms with E-state index in [-0.39, 0.29) is 30.4 Å². The number of benzene rings is 2. The van der Waals surface area contributed by atoms with E-state index >= 15 is 0 Å². The quantitative estimate of drug-likeness (QED) is 0.266. The first-order valence-electron chi connectivity index (χ1n) is 11.7. The summed E-state index contributed by atoms with van der Waals surface area (Å²) in [6.45, 7) is 2.95. The number of anilines is 1. The maximum atomic E-state index is 13.7. The molecule has 1 amide bonds. The summed E-state index contributed by atoms with van der Waals surface area (Å²) in [7, 11) is 0.826. The van der Waals surface area contributed by atoms with Gasteiger partial charge in [-0.15, -0.1) is 0 Å². The Morgan fingerprint density at radius 2 is 1.40 bits per heavy atom. The Labute approximate surface area is 222 Å². The van der Waals surface area contributed by atoms with Crippen molar-refractivity contribution in [1.29, 1.82) is 0 Å². The van der Waals surface area contributed by atoms with E-state index in [0.717, 1.165) is 24.2 Å². The molecule has 5 nitrogen and oxygen atoms in total. The van der Waals surface area contributed by atoms with Crippen molar-refractivity contribution in [3.63, 3.8) is 0 Å². The summed E-state index contributed by atoms with van der Waals surface area (Å²) >= 11 is 0. The van der Waals surface area contributed by atoms with Crippen LogP contribution in [0.4, 0.5) is 50.0 Å². The first-order valence-corrected chi connectivity index (χ1v) is 11.7. The molecule has 1 heterocycles. The summed E-state index contributed by atoms with van der Waals surface area (Å²) in [4.78, 5) is 26.8. The molecule has 1 aliphatic rings. The normalized spacial score (nSPS) is 16.6. The van der Waals surface area contributed by atoms with E-state index in [4.69, 9.17) is 9.47 Å². The van der Waals surface area contributed by atoms with Gasteiger partial charge in [-0.2, -0.15) is 39.5 Å². The summed E-state index contributed by atoms with van der Waals surface area (Å²) < 4.78 is 132. The topological polar surface area (TPSA) is 55.8 Å². The maximum Gasteiger partial charge on any atom is 0.416 e. The Morgan fingerprint density at radius 1 is 0.850 bits per heavy atom. The third kappa shape index (κ3) is 6.20. The zero-order valence-electron chi connectivity index (χ0n) is 21.1. The van der Waals surface area contributed by atoms with Gasteiger partial charge < -0.3 is 9.47 Å². The second-order valence-electron chi connectivity index (χ2n) is 8.69. The molecule has 0 spiro atoms. The molecule has 2 aromatic carbocycles. The van der Waals surface area contributed by atoms with Gasteiger partial charge in [0.15, 0.2) is 0 Å². The molecule has 0 radical (unpaired) electrons. The van der Waals surface area contributed by atoms with Gasteiger partial charge in [0, 0.05) is 5.56 Å². The van der Waals surface area contributed by atoms with Crippen LogP contribution in [0.1, 0.15) is 54.0 Å². The number of amides is 1. The van der Waals surface area contributed by atoms with Crippen LogP contribution in [-0.4, -0.2) is 31.8 Å². The number of alkyl halides is 9. The fourth-order valence-electron chi connectivity index (χ4n) is 4.39. The van der Waals surface area contributed by atoms with Gasteiger partial charge in [-0.3, -0.25) is 9.69 Å². The largest absolute Gasteiger partial charge is 0.468 e. The lowest BCUT2D eigenvalue weighted by Gasteiger charge is -2.37. The number of carbonyl (C=O) groups is 2. The summed E-state index contributed by atoms with van der Waals surface area (Å²) in [5.74, 6) is -3.35. The number of methoxy groups -OCH3 is 1. The van der Waals surface area contributed by atoms with Crippen molar-refractivity contribution in [3.8, 4) is 0 Å². The molecule has 40 heavy (non-hydrogen) atoms. The molecule has 0 fully saturated rings. The van der Waals surface area contributed by atoms with Crippen LogP contribution >= 0.6 is 0 Å². The average Bonchev–Trinajstić information content (AvgIpc) is 2.86. The van der Waals surface area contributed by atoms with E-state index < -0.39 is 70.4 Å². The number of rotatable bonds is 5. The van der Waals surface area contributed by atoms with Gasteiger partial charge in [0.25, 0.3) is 0 Å².